The normalized spacial score (nSPS) is 10.4. The molecule has 2 aromatic rings. The molecule has 0 bridgehead atoms. The minimum absolute atomic E-state index is 0.0843. The Labute approximate surface area is 115 Å². The van der Waals surface area contributed by atoms with E-state index >= 15 is 0 Å². The largest absolute Gasteiger partial charge is 0.374 e. The first-order valence-corrected chi connectivity index (χ1v) is 6.10. The number of benzene rings is 1. The lowest BCUT2D eigenvalue weighted by Crippen LogP contribution is -2.30. The predicted octanol–water partition coefficient (Wildman–Crippen LogP) is 1.31. The highest BCUT2D eigenvalue weighted by molar-refractivity contribution is 14.1. The van der Waals surface area contributed by atoms with Gasteiger partial charge in [0, 0.05) is 16.7 Å². The van der Waals surface area contributed by atoms with E-state index in [1.54, 1.807) is 13.1 Å². The van der Waals surface area contributed by atoms with Crippen LogP contribution in [0.25, 0.3) is 5.69 Å². The van der Waals surface area contributed by atoms with Gasteiger partial charge >= 0.3 is 5.69 Å². The lowest BCUT2D eigenvalue weighted by molar-refractivity contribution is 0.614. The summed E-state index contributed by atoms with van der Waals surface area (Å²) in [5.41, 5.74) is -1.14. The number of aromatic amines is 1. The Balaban J connectivity index is 2.78. The molecule has 0 atom stereocenters. The standard InChI is InChI=1S/C11H9FIN3O2/c1-14-9-5-10(17)15-11(18)16(9)8-3-2-6(13)4-7(8)12/h2-5,14H,1H3,(H,15,17,18). The minimum atomic E-state index is -0.688. The van der Waals surface area contributed by atoms with E-state index in [4.69, 9.17) is 0 Å². The highest BCUT2D eigenvalue weighted by Crippen LogP contribution is 2.17. The molecule has 0 saturated heterocycles. The van der Waals surface area contributed by atoms with Gasteiger partial charge in [0.1, 0.15) is 11.6 Å². The maximum absolute atomic E-state index is 13.8. The van der Waals surface area contributed by atoms with E-state index in [9.17, 15) is 14.0 Å². The highest BCUT2D eigenvalue weighted by atomic mass is 127. The molecule has 0 saturated carbocycles. The number of nitrogens with one attached hydrogen (secondary N) is 2. The predicted molar refractivity (Wildman–Crippen MR) is 74.9 cm³/mol. The molecule has 0 unspecified atom stereocenters. The van der Waals surface area contributed by atoms with Crippen molar-refractivity contribution in [3.05, 3.63) is 54.5 Å². The van der Waals surface area contributed by atoms with Crippen LogP contribution in [0, 0.1) is 9.39 Å². The molecule has 0 spiro atoms. The third-order valence-electron chi connectivity index (χ3n) is 2.35. The molecule has 5 nitrogen and oxygen atoms in total. The van der Waals surface area contributed by atoms with E-state index in [-0.39, 0.29) is 11.5 Å². The molecule has 7 heteroatoms. The van der Waals surface area contributed by atoms with Crippen molar-refractivity contribution >= 4 is 28.4 Å². The van der Waals surface area contributed by atoms with Gasteiger partial charge < -0.3 is 5.32 Å². The fourth-order valence-electron chi connectivity index (χ4n) is 1.58. The number of aromatic nitrogens is 2. The fourth-order valence-corrected chi connectivity index (χ4v) is 2.03. The number of H-pyrrole nitrogens is 1. The molecular weight excluding hydrogens is 352 g/mol. The van der Waals surface area contributed by atoms with Crippen LogP contribution in [0.2, 0.25) is 0 Å². The lowest BCUT2D eigenvalue weighted by atomic mass is 10.3. The molecule has 0 aliphatic carbocycles. The zero-order chi connectivity index (χ0) is 13.3. The van der Waals surface area contributed by atoms with Crippen molar-refractivity contribution in [3.63, 3.8) is 0 Å². The van der Waals surface area contributed by atoms with Crippen LogP contribution in [0.4, 0.5) is 10.2 Å². The molecule has 2 N–H and O–H groups in total. The Kier molecular flexibility index (Phi) is 3.50. The molecule has 18 heavy (non-hydrogen) atoms. The maximum atomic E-state index is 13.8. The van der Waals surface area contributed by atoms with Gasteiger partial charge in [0.25, 0.3) is 5.56 Å². The van der Waals surface area contributed by atoms with Gasteiger partial charge in [-0.3, -0.25) is 9.78 Å². The summed E-state index contributed by atoms with van der Waals surface area (Å²) in [6, 6.07) is 5.67. The Morgan fingerprint density at radius 3 is 2.67 bits per heavy atom. The van der Waals surface area contributed by atoms with Gasteiger partial charge in [-0.05, 0) is 40.8 Å². The van der Waals surface area contributed by atoms with Crippen molar-refractivity contribution in [2.45, 2.75) is 0 Å². The number of hydrogen-bond donors (Lipinski definition) is 2. The van der Waals surface area contributed by atoms with E-state index < -0.39 is 17.1 Å². The summed E-state index contributed by atoms with van der Waals surface area (Å²) in [6.07, 6.45) is 0. The number of hydrogen-bond acceptors (Lipinski definition) is 3. The van der Waals surface area contributed by atoms with E-state index in [0.717, 1.165) is 8.14 Å². The first kappa shape index (κ1) is 12.8. The average Bonchev–Trinajstić information content (AvgIpc) is 2.29. The van der Waals surface area contributed by atoms with Crippen LogP contribution in [0.1, 0.15) is 0 Å². The Morgan fingerprint density at radius 1 is 1.33 bits per heavy atom. The second-order valence-corrected chi connectivity index (χ2v) is 4.75. The Morgan fingerprint density at radius 2 is 2.06 bits per heavy atom. The Bertz CT molecular complexity index is 708. The van der Waals surface area contributed by atoms with Crippen LogP contribution < -0.4 is 16.6 Å². The summed E-state index contributed by atoms with van der Waals surface area (Å²) in [4.78, 5) is 25.0. The number of rotatable bonds is 2. The van der Waals surface area contributed by atoms with Gasteiger partial charge in [-0.25, -0.2) is 13.8 Å². The van der Waals surface area contributed by atoms with Gasteiger partial charge in [-0.1, -0.05) is 0 Å². The molecule has 1 aromatic carbocycles. The molecule has 0 aliphatic rings. The van der Waals surface area contributed by atoms with E-state index in [2.05, 4.69) is 10.3 Å². The average molecular weight is 361 g/mol. The van der Waals surface area contributed by atoms with Gasteiger partial charge in [0.15, 0.2) is 0 Å². The number of anilines is 1. The Hall–Kier alpha value is -1.64. The summed E-state index contributed by atoms with van der Waals surface area (Å²) in [5, 5.41) is 2.69. The second kappa shape index (κ2) is 4.92. The summed E-state index contributed by atoms with van der Waals surface area (Å²) < 4.78 is 15.6. The van der Waals surface area contributed by atoms with Crippen molar-refractivity contribution in [1.82, 2.24) is 9.55 Å². The van der Waals surface area contributed by atoms with Gasteiger partial charge in [-0.2, -0.15) is 0 Å². The topological polar surface area (TPSA) is 66.9 Å². The van der Waals surface area contributed by atoms with Gasteiger partial charge in [0.2, 0.25) is 0 Å². The summed E-state index contributed by atoms with van der Waals surface area (Å²) in [6.45, 7) is 0. The van der Waals surface area contributed by atoms with Crippen molar-refractivity contribution in [2.75, 3.05) is 12.4 Å². The third-order valence-corrected chi connectivity index (χ3v) is 3.02. The molecule has 2 rings (SSSR count). The third kappa shape index (κ3) is 2.30. The van der Waals surface area contributed by atoms with Crippen LogP contribution in [0.15, 0.2) is 33.9 Å². The smallest absolute Gasteiger partial charge is 0.334 e. The van der Waals surface area contributed by atoms with Crippen LogP contribution in [0.5, 0.6) is 0 Å². The van der Waals surface area contributed by atoms with Crippen LogP contribution in [-0.4, -0.2) is 16.6 Å². The fraction of sp³-hybridized carbons (Fsp3) is 0.0909. The zero-order valence-corrected chi connectivity index (χ0v) is 11.5. The summed E-state index contributed by atoms with van der Waals surface area (Å²) in [5.74, 6) is -0.309. The van der Waals surface area contributed by atoms with Gasteiger partial charge in [0.05, 0.1) is 5.69 Å². The number of nitrogens with zero attached hydrogens (tertiary/aromatic N) is 1. The minimum Gasteiger partial charge on any atom is -0.374 e. The van der Waals surface area contributed by atoms with Crippen molar-refractivity contribution in [1.29, 1.82) is 0 Å². The molecule has 0 radical (unpaired) electrons. The summed E-state index contributed by atoms with van der Waals surface area (Å²) >= 11 is 1.97. The van der Waals surface area contributed by atoms with Crippen LogP contribution in [-0.2, 0) is 0 Å². The first-order valence-electron chi connectivity index (χ1n) is 5.02. The summed E-state index contributed by atoms with van der Waals surface area (Å²) in [7, 11) is 1.55. The first-order chi connectivity index (χ1) is 8.52. The van der Waals surface area contributed by atoms with E-state index in [1.807, 2.05) is 22.6 Å². The molecule has 94 valence electrons. The maximum Gasteiger partial charge on any atom is 0.334 e. The van der Waals surface area contributed by atoms with Crippen molar-refractivity contribution in [3.8, 4) is 5.69 Å². The molecular formula is C11H9FIN3O2. The highest BCUT2D eigenvalue weighted by Gasteiger charge is 2.11. The van der Waals surface area contributed by atoms with E-state index in [1.165, 1.54) is 18.2 Å². The molecule has 1 aromatic heterocycles. The second-order valence-electron chi connectivity index (χ2n) is 3.51. The van der Waals surface area contributed by atoms with Gasteiger partial charge in [-0.15, -0.1) is 0 Å². The number of halogens is 2. The van der Waals surface area contributed by atoms with Crippen molar-refractivity contribution in [2.24, 2.45) is 0 Å². The molecule has 1 heterocycles. The molecule has 0 fully saturated rings. The quantitative estimate of drug-likeness (QED) is 0.793. The zero-order valence-electron chi connectivity index (χ0n) is 9.33. The van der Waals surface area contributed by atoms with Crippen molar-refractivity contribution < 1.29 is 4.39 Å². The van der Waals surface area contributed by atoms with Crippen LogP contribution in [0.3, 0.4) is 0 Å². The molecule has 0 amide bonds. The van der Waals surface area contributed by atoms with Crippen LogP contribution >= 0.6 is 22.6 Å². The van der Waals surface area contributed by atoms with E-state index in [0.29, 0.717) is 0 Å². The lowest BCUT2D eigenvalue weighted by Gasteiger charge is -2.12. The molecule has 0 aliphatic heterocycles. The SMILES string of the molecule is CNc1cc(=O)[nH]c(=O)n1-c1ccc(I)cc1F. The monoisotopic (exact) mass is 361 g/mol.